The van der Waals surface area contributed by atoms with Crippen molar-refractivity contribution in [3.63, 3.8) is 0 Å². The molecular weight excluding hydrogens is 349 g/mol. The van der Waals surface area contributed by atoms with E-state index in [0.29, 0.717) is 6.54 Å². The summed E-state index contributed by atoms with van der Waals surface area (Å²) in [5.41, 5.74) is 1.48. The van der Waals surface area contributed by atoms with Crippen molar-refractivity contribution in [3.8, 4) is 0 Å². The van der Waals surface area contributed by atoms with Gasteiger partial charge in [-0.2, -0.15) is 13.2 Å². The first-order valence-corrected chi connectivity index (χ1v) is 9.03. The molecule has 3 rings (SSSR count). The van der Waals surface area contributed by atoms with Gasteiger partial charge in [-0.25, -0.2) is 0 Å². The first kappa shape index (κ1) is 19.4. The molecule has 1 unspecified atom stereocenters. The second kappa shape index (κ2) is 8.55. The molecule has 142 valence electrons. The van der Waals surface area contributed by atoms with E-state index in [-0.39, 0.29) is 6.04 Å². The van der Waals surface area contributed by atoms with E-state index in [0.717, 1.165) is 30.8 Å². The molecule has 1 atom stereocenters. The van der Waals surface area contributed by atoms with Crippen LogP contribution in [0.2, 0.25) is 0 Å². The van der Waals surface area contributed by atoms with E-state index >= 15 is 0 Å². The van der Waals surface area contributed by atoms with E-state index in [1.54, 1.807) is 0 Å². The molecule has 27 heavy (non-hydrogen) atoms. The highest BCUT2D eigenvalue weighted by Crippen LogP contribution is 2.29. The molecule has 0 radical (unpaired) electrons. The van der Waals surface area contributed by atoms with Gasteiger partial charge >= 0.3 is 6.18 Å². The van der Waals surface area contributed by atoms with Crippen LogP contribution in [0.5, 0.6) is 0 Å². The van der Waals surface area contributed by atoms with Crippen molar-refractivity contribution in [1.29, 1.82) is 0 Å². The first-order chi connectivity index (χ1) is 12.9. The third kappa shape index (κ3) is 5.08. The first-order valence-electron chi connectivity index (χ1n) is 9.03. The number of alkyl halides is 3. The van der Waals surface area contributed by atoms with Gasteiger partial charge in [0.15, 0.2) is 0 Å². The van der Waals surface area contributed by atoms with Crippen LogP contribution in [0, 0.1) is 0 Å². The molecule has 0 amide bonds. The van der Waals surface area contributed by atoms with Gasteiger partial charge in [0.05, 0.1) is 5.56 Å². The van der Waals surface area contributed by atoms with Gasteiger partial charge in [-0.1, -0.05) is 54.6 Å². The van der Waals surface area contributed by atoms with Crippen molar-refractivity contribution in [2.75, 3.05) is 13.1 Å². The minimum absolute atomic E-state index is 0.212. The third-order valence-corrected chi connectivity index (χ3v) is 4.65. The maximum Gasteiger partial charge on any atom is 0.416 e. The summed E-state index contributed by atoms with van der Waals surface area (Å²) in [5.74, 6) is 0. The van der Waals surface area contributed by atoms with Crippen molar-refractivity contribution in [1.82, 2.24) is 10.6 Å². The van der Waals surface area contributed by atoms with Crippen molar-refractivity contribution in [3.05, 3.63) is 83.4 Å². The molecule has 0 aliphatic rings. The molecule has 0 spiro atoms. The number of hydrogen-bond donors (Lipinski definition) is 2. The molecule has 5 heteroatoms. The Kier molecular flexibility index (Phi) is 6.14. The van der Waals surface area contributed by atoms with Crippen LogP contribution in [-0.4, -0.2) is 13.1 Å². The Labute approximate surface area is 157 Å². The largest absolute Gasteiger partial charge is 0.416 e. The van der Waals surface area contributed by atoms with Gasteiger partial charge in [-0.05, 0) is 41.0 Å². The lowest BCUT2D eigenvalue weighted by Gasteiger charge is -2.17. The van der Waals surface area contributed by atoms with E-state index < -0.39 is 11.7 Å². The summed E-state index contributed by atoms with van der Waals surface area (Å²) < 4.78 is 37.7. The van der Waals surface area contributed by atoms with Gasteiger partial charge in [0, 0.05) is 25.7 Å². The van der Waals surface area contributed by atoms with Crippen molar-refractivity contribution in [2.45, 2.75) is 25.7 Å². The molecule has 0 aliphatic carbocycles. The van der Waals surface area contributed by atoms with Gasteiger partial charge in [0.1, 0.15) is 0 Å². The predicted octanol–water partition coefficient (Wildman–Crippen LogP) is 5.30. The number of hydrogen-bond acceptors (Lipinski definition) is 2. The quantitative estimate of drug-likeness (QED) is 0.550. The highest BCUT2D eigenvalue weighted by molar-refractivity contribution is 5.86. The fourth-order valence-electron chi connectivity index (χ4n) is 3.16. The van der Waals surface area contributed by atoms with Gasteiger partial charge < -0.3 is 10.6 Å². The van der Waals surface area contributed by atoms with Crippen LogP contribution >= 0.6 is 0 Å². The zero-order valence-corrected chi connectivity index (χ0v) is 15.2. The van der Waals surface area contributed by atoms with E-state index in [9.17, 15) is 13.2 Å². The summed E-state index contributed by atoms with van der Waals surface area (Å²) in [6.45, 7) is 4.18. The Balaban J connectivity index is 1.46. The molecular formula is C22H23F3N2. The van der Waals surface area contributed by atoms with E-state index in [1.165, 1.54) is 28.5 Å². The zero-order valence-electron chi connectivity index (χ0n) is 15.2. The fraction of sp³-hybridized carbons (Fsp3) is 0.273. The molecule has 0 bridgehead atoms. The maximum absolute atomic E-state index is 12.6. The standard InChI is InChI=1S/C22H23F3N2/c1-16(20-8-4-6-18-5-2-3-7-21(18)20)27-14-13-26-15-17-9-11-19(12-10-17)22(23,24)25/h2-12,16,26-27H,13-15H2,1H3. The minimum Gasteiger partial charge on any atom is -0.311 e. The molecule has 0 aromatic heterocycles. The lowest BCUT2D eigenvalue weighted by molar-refractivity contribution is -0.137. The van der Waals surface area contributed by atoms with E-state index in [4.69, 9.17) is 0 Å². The number of benzene rings is 3. The highest BCUT2D eigenvalue weighted by Gasteiger charge is 2.29. The summed E-state index contributed by atoms with van der Waals surface area (Å²) in [5, 5.41) is 9.23. The van der Waals surface area contributed by atoms with Crippen LogP contribution in [0.4, 0.5) is 13.2 Å². The lowest BCUT2D eigenvalue weighted by atomic mass is 10.00. The van der Waals surface area contributed by atoms with E-state index in [2.05, 4.69) is 47.9 Å². The normalized spacial score (nSPS) is 13.0. The second-order valence-electron chi connectivity index (χ2n) is 6.62. The maximum atomic E-state index is 12.6. The molecule has 0 saturated heterocycles. The van der Waals surface area contributed by atoms with Crippen LogP contribution in [0.25, 0.3) is 10.8 Å². The molecule has 3 aromatic carbocycles. The Morgan fingerprint density at radius 3 is 2.30 bits per heavy atom. The summed E-state index contributed by atoms with van der Waals surface area (Å²) in [4.78, 5) is 0. The molecule has 0 heterocycles. The molecule has 0 aliphatic heterocycles. The number of rotatable bonds is 7. The minimum atomic E-state index is -4.28. The SMILES string of the molecule is CC(NCCNCc1ccc(C(F)(F)F)cc1)c1cccc2ccccc12. The van der Waals surface area contributed by atoms with Gasteiger partial charge in [0.2, 0.25) is 0 Å². The summed E-state index contributed by atoms with van der Waals surface area (Å²) >= 11 is 0. The average molecular weight is 372 g/mol. The van der Waals surface area contributed by atoms with Gasteiger partial charge in [-0.15, -0.1) is 0 Å². The average Bonchev–Trinajstić information content (AvgIpc) is 2.67. The molecule has 0 fully saturated rings. The monoisotopic (exact) mass is 372 g/mol. The highest BCUT2D eigenvalue weighted by atomic mass is 19.4. The summed E-state index contributed by atoms with van der Waals surface area (Å²) in [7, 11) is 0. The van der Waals surface area contributed by atoms with Crippen molar-refractivity contribution < 1.29 is 13.2 Å². The smallest absolute Gasteiger partial charge is 0.311 e. The Morgan fingerprint density at radius 2 is 1.56 bits per heavy atom. The van der Waals surface area contributed by atoms with Gasteiger partial charge in [0.25, 0.3) is 0 Å². The lowest BCUT2D eigenvalue weighted by Crippen LogP contribution is -2.29. The topological polar surface area (TPSA) is 24.1 Å². The number of nitrogens with one attached hydrogen (secondary N) is 2. The predicted molar refractivity (Wildman–Crippen MR) is 104 cm³/mol. The summed E-state index contributed by atoms with van der Waals surface area (Å²) in [6.07, 6.45) is -4.28. The number of fused-ring (bicyclic) bond motifs is 1. The molecule has 0 saturated carbocycles. The fourth-order valence-corrected chi connectivity index (χ4v) is 3.16. The van der Waals surface area contributed by atoms with Gasteiger partial charge in [-0.3, -0.25) is 0 Å². The van der Waals surface area contributed by atoms with E-state index in [1.807, 2.05) is 12.1 Å². The van der Waals surface area contributed by atoms with Crippen molar-refractivity contribution >= 4 is 10.8 Å². The van der Waals surface area contributed by atoms with Crippen molar-refractivity contribution in [2.24, 2.45) is 0 Å². The Morgan fingerprint density at radius 1 is 0.852 bits per heavy atom. The Hall–Kier alpha value is -2.37. The van der Waals surface area contributed by atoms with Crippen LogP contribution in [0.1, 0.15) is 29.7 Å². The summed E-state index contributed by atoms with van der Waals surface area (Å²) in [6, 6.07) is 20.1. The molecule has 2 N–H and O–H groups in total. The zero-order chi connectivity index (χ0) is 19.3. The van der Waals surface area contributed by atoms with Crippen LogP contribution < -0.4 is 10.6 Å². The number of halogens is 3. The van der Waals surface area contributed by atoms with Crippen LogP contribution in [0.15, 0.2) is 66.7 Å². The molecule has 3 aromatic rings. The third-order valence-electron chi connectivity index (χ3n) is 4.65. The van der Waals surface area contributed by atoms with Crippen LogP contribution in [0.3, 0.4) is 0 Å². The Bertz CT molecular complexity index is 867. The van der Waals surface area contributed by atoms with Crippen LogP contribution in [-0.2, 0) is 12.7 Å². The second-order valence-corrected chi connectivity index (χ2v) is 6.62. The molecule has 2 nitrogen and oxygen atoms in total.